The minimum atomic E-state index is -3.71. The van der Waals surface area contributed by atoms with Crippen LogP contribution in [-0.4, -0.2) is 24.9 Å². The Kier molecular flexibility index (Phi) is 4.05. The molecule has 2 aromatic rings. The molecule has 0 aliphatic heterocycles. The molecular weight excluding hydrogens is 283 g/mol. The first-order chi connectivity index (χ1) is 9.40. The summed E-state index contributed by atoms with van der Waals surface area (Å²) in [5.74, 6) is -0.626. The molecule has 2 rings (SSSR count). The average molecular weight is 298 g/mol. The van der Waals surface area contributed by atoms with Gasteiger partial charge in [-0.3, -0.25) is 0 Å². The molecule has 0 aliphatic rings. The number of rotatable bonds is 5. The molecular formula is C12H15FN4O2S. The molecule has 4 N–H and O–H groups in total. The summed E-state index contributed by atoms with van der Waals surface area (Å²) in [4.78, 5) is 6.70. The summed E-state index contributed by atoms with van der Waals surface area (Å²) in [7, 11) is -3.71. The molecule has 0 spiro atoms. The normalized spacial score (nSPS) is 11.7. The van der Waals surface area contributed by atoms with Crippen molar-refractivity contribution in [1.29, 1.82) is 0 Å². The number of aryl methyl sites for hydroxylation is 1. The lowest BCUT2D eigenvalue weighted by molar-refractivity contribution is 0.580. The fourth-order valence-corrected chi connectivity index (χ4v) is 3.07. The molecule has 1 aromatic carbocycles. The summed E-state index contributed by atoms with van der Waals surface area (Å²) in [6, 6.07) is 2.24. The molecule has 0 atom stereocenters. The SMILES string of the molecule is Cc1cc(F)c(N)cc1S(=O)(=O)NCCc1cnc[nH]1. The number of hydrogen-bond donors (Lipinski definition) is 3. The van der Waals surface area contributed by atoms with Crippen LogP contribution in [0.1, 0.15) is 11.3 Å². The monoisotopic (exact) mass is 298 g/mol. The number of sulfonamides is 1. The molecule has 1 aromatic heterocycles. The number of aromatic amines is 1. The third kappa shape index (κ3) is 3.14. The van der Waals surface area contributed by atoms with Crippen molar-refractivity contribution in [3.8, 4) is 0 Å². The Morgan fingerprint density at radius 2 is 2.20 bits per heavy atom. The van der Waals surface area contributed by atoms with E-state index >= 15 is 0 Å². The van der Waals surface area contributed by atoms with E-state index in [9.17, 15) is 12.8 Å². The smallest absolute Gasteiger partial charge is 0.240 e. The van der Waals surface area contributed by atoms with Crippen molar-refractivity contribution in [2.75, 3.05) is 12.3 Å². The van der Waals surface area contributed by atoms with Crippen LogP contribution in [0.15, 0.2) is 29.6 Å². The fourth-order valence-electron chi connectivity index (χ4n) is 1.78. The van der Waals surface area contributed by atoms with Gasteiger partial charge in [-0.15, -0.1) is 0 Å². The molecule has 0 saturated carbocycles. The molecule has 0 aliphatic carbocycles. The number of anilines is 1. The van der Waals surface area contributed by atoms with E-state index in [0.29, 0.717) is 12.0 Å². The largest absolute Gasteiger partial charge is 0.396 e. The standard InChI is InChI=1S/C12H15FN4O2S/c1-8-4-10(13)11(14)5-12(8)20(18,19)17-3-2-9-6-15-7-16-9/h4-7,17H,2-3,14H2,1H3,(H,15,16). The van der Waals surface area contributed by atoms with Gasteiger partial charge < -0.3 is 10.7 Å². The molecule has 20 heavy (non-hydrogen) atoms. The Balaban J connectivity index is 2.12. The van der Waals surface area contributed by atoms with Crippen molar-refractivity contribution in [3.63, 3.8) is 0 Å². The number of nitrogens with two attached hydrogens (primary N) is 1. The summed E-state index contributed by atoms with van der Waals surface area (Å²) >= 11 is 0. The predicted molar refractivity (Wildman–Crippen MR) is 73.0 cm³/mol. The second-order valence-corrected chi connectivity index (χ2v) is 6.10. The summed E-state index contributed by atoms with van der Waals surface area (Å²) < 4.78 is 39.9. The summed E-state index contributed by atoms with van der Waals surface area (Å²) in [5.41, 5.74) is 6.35. The lowest BCUT2D eigenvalue weighted by atomic mass is 10.2. The number of imidazole rings is 1. The van der Waals surface area contributed by atoms with Gasteiger partial charge in [-0.05, 0) is 24.6 Å². The summed E-state index contributed by atoms with van der Waals surface area (Å²) in [6.07, 6.45) is 3.62. The lowest BCUT2D eigenvalue weighted by Crippen LogP contribution is -2.27. The minimum Gasteiger partial charge on any atom is -0.396 e. The van der Waals surface area contributed by atoms with Gasteiger partial charge in [-0.2, -0.15) is 0 Å². The Hall–Kier alpha value is -1.93. The number of aromatic nitrogens is 2. The molecule has 6 nitrogen and oxygen atoms in total. The van der Waals surface area contributed by atoms with Crippen LogP contribution in [0.4, 0.5) is 10.1 Å². The Morgan fingerprint density at radius 1 is 1.45 bits per heavy atom. The maximum atomic E-state index is 13.2. The first-order valence-corrected chi connectivity index (χ1v) is 7.41. The van der Waals surface area contributed by atoms with Gasteiger partial charge in [0.1, 0.15) is 5.82 Å². The maximum Gasteiger partial charge on any atom is 0.240 e. The van der Waals surface area contributed by atoms with E-state index in [2.05, 4.69) is 14.7 Å². The van der Waals surface area contributed by atoms with Gasteiger partial charge in [0.2, 0.25) is 10.0 Å². The zero-order valence-corrected chi connectivity index (χ0v) is 11.7. The van der Waals surface area contributed by atoms with E-state index in [0.717, 1.165) is 17.8 Å². The van der Waals surface area contributed by atoms with Crippen LogP contribution in [0.2, 0.25) is 0 Å². The molecule has 0 amide bonds. The van der Waals surface area contributed by atoms with Crippen molar-refractivity contribution in [1.82, 2.24) is 14.7 Å². The zero-order chi connectivity index (χ0) is 14.8. The molecule has 0 fully saturated rings. The minimum absolute atomic E-state index is 0.0130. The van der Waals surface area contributed by atoms with E-state index in [4.69, 9.17) is 5.73 Å². The van der Waals surface area contributed by atoms with Gasteiger partial charge in [-0.25, -0.2) is 22.5 Å². The quantitative estimate of drug-likeness (QED) is 0.716. The lowest BCUT2D eigenvalue weighted by Gasteiger charge is -2.10. The molecule has 8 heteroatoms. The molecule has 0 saturated heterocycles. The first kappa shape index (κ1) is 14.5. The topological polar surface area (TPSA) is 101 Å². The Morgan fingerprint density at radius 3 is 2.85 bits per heavy atom. The highest BCUT2D eigenvalue weighted by Crippen LogP contribution is 2.21. The average Bonchev–Trinajstić information content (AvgIpc) is 2.86. The second kappa shape index (κ2) is 5.59. The zero-order valence-electron chi connectivity index (χ0n) is 10.9. The molecule has 0 unspecified atom stereocenters. The number of halogens is 1. The maximum absolute atomic E-state index is 13.2. The van der Waals surface area contributed by atoms with Gasteiger partial charge in [0.05, 0.1) is 16.9 Å². The highest BCUT2D eigenvalue weighted by molar-refractivity contribution is 7.89. The van der Waals surface area contributed by atoms with Crippen LogP contribution < -0.4 is 10.5 Å². The van der Waals surface area contributed by atoms with Crippen LogP contribution >= 0.6 is 0 Å². The number of nitrogen functional groups attached to an aromatic ring is 1. The number of hydrogen-bond acceptors (Lipinski definition) is 4. The molecule has 0 bridgehead atoms. The van der Waals surface area contributed by atoms with E-state index in [-0.39, 0.29) is 17.1 Å². The number of benzene rings is 1. The van der Waals surface area contributed by atoms with Crippen LogP contribution in [-0.2, 0) is 16.4 Å². The van der Waals surface area contributed by atoms with E-state index in [1.54, 1.807) is 6.20 Å². The predicted octanol–water partition coefficient (Wildman–Crippen LogP) is 0.960. The molecule has 108 valence electrons. The Bertz CT molecular complexity index is 698. The molecule has 0 radical (unpaired) electrons. The van der Waals surface area contributed by atoms with Gasteiger partial charge >= 0.3 is 0 Å². The second-order valence-electron chi connectivity index (χ2n) is 4.36. The first-order valence-electron chi connectivity index (χ1n) is 5.92. The highest BCUT2D eigenvalue weighted by Gasteiger charge is 2.18. The van der Waals surface area contributed by atoms with Gasteiger partial charge in [0, 0.05) is 24.9 Å². The van der Waals surface area contributed by atoms with E-state index in [1.165, 1.54) is 13.3 Å². The third-order valence-corrected chi connectivity index (χ3v) is 4.43. The van der Waals surface area contributed by atoms with Crippen LogP contribution in [0.3, 0.4) is 0 Å². The van der Waals surface area contributed by atoms with Crippen molar-refractivity contribution in [3.05, 3.63) is 41.7 Å². The van der Waals surface area contributed by atoms with Crippen molar-refractivity contribution in [2.24, 2.45) is 0 Å². The van der Waals surface area contributed by atoms with Gasteiger partial charge in [0.25, 0.3) is 0 Å². The van der Waals surface area contributed by atoms with Gasteiger partial charge in [-0.1, -0.05) is 0 Å². The van der Waals surface area contributed by atoms with Crippen LogP contribution in [0.25, 0.3) is 0 Å². The van der Waals surface area contributed by atoms with Crippen molar-refractivity contribution >= 4 is 15.7 Å². The molecule has 1 heterocycles. The van der Waals surface area contributed by atoms with Crippen molar-refractivity contribution in [2.45, 2.75) is 18.2 Å². The van der Waals surface area contributed by atoms with E-state index < -0.39 is 15.8 Å². The third-order valence-electron chi connectivity index (χ3n) is 2.83. The summed E-state index contributed by atoms with van der Waals surface area (Å²) in [6.45, 7) is 1.73. The van der Waals surface area contributed by atoms with Crippen LogP contribution in [0, 0.1) is 12.7 Å². The van der Waals surface area contributed by atoms with Gasteiger partial charge in [0.15, 0.2) is 0 Å². The number of H-pyrrole nitrogens is 1. The number of nitrogens with zero attached hydrogens (tertiary/aromatic N) is 1. The highest BCUT2D eigenvalue weighted by atomic mass is 32.2. The van der Waals surface area contributed by atoms with E-state index in [1.807, 2.05) is 0 Å². The Labute approximate surface area is 116 Å². The van der Waals surface area contributed by atoms with Crippen molar-refractivity contribution < 1.29 is 12.8 Å². The summed E-state index contributed by atoms with van der Waals surface area (Å²) in [5, 5.41) is 0. The number of nitrogens with one attached hydrogen (secondary N) is 2. The van der Waals surface area contributed by atoms with Crippen LogP contribution in [0.5, 0.6) is 0 Å². The fraction of sp³-hybridized carbons (Fsp3) is 0.250.